The number of hydrogen-bond acceptors (Lipinski definition) is 6. The zero-order valence-electron chi connectivity index (χ0n) is 17.5. The Morgan fingerprint density at radius 2 is 1.84 bits per heavy atom. The van der Waals surface area contributed by atoms with Gasteiger partial charge < -0.3 is 19.4 Å². The van der Waals surface area contributed by atoms with Crippen molar-refractivity contribution in [3.8, 4) is 5.75 Å². The molecule has 0 unspecified atom stereocenters. The fourth-order valence-corrected chi connectivity index (χ4v) is 3.27. The topological polar surface area (TPSA) is 88.8 Å². The average molecular weight is 443 g/mol. The molecule has 0 bridgehead atoms. The molecule has 3 aromatic rings. The highest BCUT2D eigenvalue weighted by atomic mass is 35.5. The van der Waals surface area contributed by atoms with Crippen molar-refractivity contribution in [1.82, 2.24) is 10.2 Å². The molecule has 0 atom stereocenters. The molecule has 0 saturated carbocycles. The zero-order valence-corrected chi connectivity index (χ0v) is 18.3. The number of carbonyl (C=O) groups excluding carboxylic acids is 2. The summed E-state index contributed by atoms with van der Waals surface area (Å²) < 4.78 is 10.8. The second-order valence-electron chi connectivity index (χ2n) is 7.25. The standard InChI is InChI=1S/C23H23ClN2O5/c1-26(2)12-4-11-25-23(29)22-19(20(27)14-5-8-16(30-3)9-6-14)21(28)17-13-15(24)7-10-18(17)31-22/h5-10,13H,4,11-12H2,1-3H3,(H,25,29). The molecule has 0 aliphatic heterocycles. The van der Waals surface area contributed by atoms with E-state index in [1.165, 1.54) is 31.4 Å². The van der Waals surface area contributed by atoms with E-state index in [4.69, 9.17) is 20.8 Å². The van der Waals surface area contributed by atoms with E-state index in [1.807, 2.05) is 19.0 Å². The van der Waals surface area contributed by atoms with Crippen molar-refractivity contribution >= 4 is 34.3 Å². The van der Waals surface area contributed by atoms with Crippen LogP contribution in [0.2, 0.25) is 5.02 Å². The molecule has 0 saturated heterocycles. The summed E-state index contributed by atoms with van der Waals surface area (Å²) in [7, 11) is 5.37. The maximum absolute atomic E-state index is 13.2. The Morgan fingerprint density at radius 1 is 1.13 bits per heavy atom. The van der Waals surface area contributed by atoms with E-state index >= 15 is 0 Å². The maximum atomic E-state index is 13.2. The lowest BCUT2D eigenvalue weighted by Crippen LogP contribution is -2.31. The Bertz CT molecular complexity index is 1170. The van der Waals surface area contributed by atoms with Crippen molar-refractivity contribution < 1.29 is 18.7 Å². The van der Waals surface area contributed by atoms with Gasteiger partial charge in [0.25, 0.3) is 5.91 Å². The quantitative estimate of drug-likeness (QED) is 0.425. The number of carbonyl (C=O) groups is 2. The lowest BCUT2D eigenvalue weighted by atomic mass is 10.00. The van der Waals surface area contributed by atoms with Crippen LogP contribution in [0.4, 0.5) is 0 Å². The van der Waals surface area contributed by atoms with Crippen molar-refractivity contribution in [2.75, 3.05) is 34.3 Å². The number of rotatable bonds is 8. The molecule has 7 nitrogen and oxygen atoms in total. The van der Waals surface area contributed by atoms with Gasteiger partial charge >= 0.3 is 0 Å². The first-order valence-electron chi connectivity index (χ1n) is 9.70. The van der Waals surface area contributed by atoms with Crippen LogP contribution in [0.5, 0.6) is 5.75 Å². The fourth-order valence-electron chi connectivity index (χ4n) is 3.10. The molecule has 0 spiro atoms. The van der Waals surface area contributed by atoms with Gasteiger partial charge in [0.05, 0.1) is 12.5 Å². The summed E-state index contributed by atoms with van der Waals surface area (Å²) in [5.74, 6) is -0.987. The second kappa shape index (κ2) is 9.76. The van der Waals surface area contributed by atoms with Crippen LogP contribution < -0.4 is 15.5 Å². The summed E-state index contributed by atoms with van der Waals surface area (Å²) in [6.07, 6.45) is 0.702. The van der Waals surface area contributed by atoms with Crippen molar-refractivity contribution in [2.45, 2.75) is 6.42 Å². The summed E-state index contributed by atoms with van der Waals surface area (Å²) in [5.41, 5.74) is -0.525. The summed E-state index contributed by atoms with van der Waals surface area (Å²) in [6, 6.07) is 10.7. The van der Waals surface area contributed by atoms with E-state index in [1.54, 1.807) is 18.2 Å². The van der Waals surface area contributed by atoms with Gasteiger partial charge in [0, 0.05) is 17.1 Å². The molecule has 0 fully saturated rings. The molecule has 1 amide bonds. The number of halogens is 1. The van der Waals surface area contributed by atoms with Crippen LogP contribution in [0.1, 0.15) is 32.9 Å². The minimum absolute atomic E-state index is 0.133. The van der Waals surface area contributed by atoms with Crippen LogP contribution >= 0.6 is 11.6 Å². The van der Waals surface area contributed by atoms with Crippen LogP contribution in [0.25, 0.3) is 11.0 Å². The normalized spacial score (nSPS) is 11.0. The number of ketones is 1. The van der Waals surface area contributed by atoms with Gasteiger partial charge in [0.1, 0.15) is 16.9 Å². The number of methoxy groups -OCH3 is 1. The highest BCUT2D eigenvalue weighted by Gasteiger charge is 2.26. The average Bonchev–Trinajstić information content (AvgIpc) is 2.76. The van der Waals surface area contributed by atoms with Crippen LogP contribution in [-0.2, 0) is 0 Å². The molecular formula is C23H23ClN2O5. The first-order valence-corrected chi connectivity index (χ1v) is 10.1. The highest BCUT2D eigenvalue weighted by molar-refractivity contribution is 6.31. The third-order valence-electron chi connectivity index (χ3n) is 4.71. The number of ether oxygens (including phenoxy) is 1. The second-order valence-corrected chi connectivity index (χ2v) is 7.68. The first kappa shape index (κ1) is 22.5. The third kappa shape index (κ3) is 5.13. The summed E-state index contributed by atoms with van der Waals surface area (Å²) in [5, 5.41) is 3.18. The van der Waals surface area contributed by atoms with Gasteiger partial charge in [0.15, 0.2) is 0 Å². The molecule has 1 N–H and O–H groups in total. The van der Waals surface area contributed by atoms with Crippen molar-refractivity contribution in [1.29, 1.82) is 0 Å². The Morgan fingerprint density at radius 3 is 2.48 bits per heavy atom. The van der Waals surface area contributed by atoms with E-state index in [-0.39, 0.29) is 27.9 Å². The summed E-state index contributed by atoms with van der Waals surface area (Å²) in [6.45, 7) is 1.15. The summed E-state index contributed by atoms with van der Waals surface area (Å²) in [4.78, 5) is 41.3. The van der Waals surface area contributed by atoms with E-state index in [2.05, 4.69) is 5.32 Å². The van der Waals surface area contributed by atoms with Crippen molar-refractivity contribution in [3.05, 3.63) is 74.6 Å². The van der Waals surface area contributed by atoms with Gasteiger partial charge in [-0.05, 0) is 69.5 Å². The van der Waals surface area contributed by atoms with Crippen molar-refractivity contribution in [3.63, 3.8) is 0 Å². The monoisotopic (exact) mass is 442 g/mol. The van der Waals surface area contributed by atoms with Crippen LogP contribution in [0.15, 0.2) is 51.7 Å². The van der Waals surface area contributed by atoms with Gasteiger partial charge in [-0.25, -0.2) is 0 Å². The molecule has 0 aliphatic carbocycles. The third-order valence-corrected chi connectivity index (χ3v) is 4.94. The largest absolute Gasteiger partial charge is 0.497 e. The fraction of sp³-hybridized carbons (Fsp3) is 0.261. The van der Waals surface area contributed by atoms with E-state index in [0.29, 0.717) is 23.7 Å². The lowest BCUT2D eigenvalue weighted by Gasteiger charge is -2.12. The van der Waals surface area contributed by atoms with E-state index in [0.717, 1.165) is 6.54 Å². The Hall–Kier alpha value is -3.16. The van der Waals surface area contributed by atoms with E-state index in [9.17, 15) is 14.4 Å². The van der Waals surface area contributed by atoms with Crippen LogP contribution in [0.3, 0.4) is 0 Å². The molecule has 8 heteroatoms. The van der Waals surface area contributed by atoms with Gasteiger partial charge in [0.2, 0.25) is 17.0 Å². The number of hydrogen-bond donors (Lipinski definition) is 1. The van der Waals surface area contributed by atoms with Crippen LogP contribution in [0, 0.1) is 0 Å². The molecule has 1 aromatic heterocycles. The molecule has 0 aliphatic rings. The van der Waals surface area contributed by atoms with Crippen LogP contribution in [-0.4, -0.2) is 50.9 Å². The number of nitrogens with one attached hydrogen (secondary N) is 1. The molecule has 0 radical (unpaired) electrons. The predicted molar refractivity (Wildman–Crippen MR) is 119 cm³/mol. The Labute approximate surface area is 184 Å². The summed E-state index contributed by atoms with van der Waals surface area (Å²) >= 11 is 6.02. The SMILES string of the molecule is COc1ccc(C(=O)c2c(C(=O)NCCCN(C)C)oc3ccc(Cl)cc3c2=O)cc1. The van der Waals surface area contributed by atoms with Gasteiger partial charge in [-0.1, -0.05) is 11.6 Å². The Balaban J connectivity index is 2.06. The molecular weight excluding hydrogens is 420 g/mol. The predicted octanol–water partition coefficient (Wildman–Crippen LogP) is 3.37. The molecule has 162 valence electrons. The van der Waals surface area contributed by atoms with Crippen molar-refractivity contribution in [2.24, 2.45) is 0 Å². The Kier molecular flexibility index (Phi) is 7.09. The van der Waals surface area contributed by atoms with Gasteiger partial charge in [-0.3, -0.25) is 14.4 Å². The number of benzene rings is 2. The zero-order chi connectivity index (χ0) is 22.5. The van der Waals surface area contributed by atoms with Gasteiger partial charge in [-0.15, -0.1) is 0 Å². The molecule has 1 heterocycles. The van der Waals surface area contributed by atoms with Gasteiger partial charge in [-0.2, -0.15) is 0 Å². The molecule has 2 aromatic carbocycles. The maximum Gasteiger partial charge on any atom is 0.287 e. The number of fused-ring (bicyclic) bond motifs is 1. The molecule has 3 rings (SSSR count). The first-order chi connectivity index (χ1) is 14.8. The number of amides is 1. The minimum Gasteiger partial charge on any atom is -0.497 e. The van der Waals surface area contributed by atoms with E-state index < -0.39 is 17.1 Å². The number of nitrogens with zero attached hydrogens (tertiary/aromatic N) is 1. The lowest BCUT2D eigenvalue weighted by molar-refractivity contribution is 0.0912. The smallest absolute Gasteiger partial charge is 0.287 e. The molecule has 31 heavy (non-hydrogen) atoms. The highest BCUT2D eigenvalue weighted by Crippen LogP contribution is 2.22. The minimum atomic E-state index is -0.621.